The number of hydrogen-bond donors (Lipinski definition) is 0. The van der Waals surface area contributed by atoms with E-state index in [1.165, 1.54) is 38.9 Å². The Bertz CT molecular complexity index is 349. The molecule has 1 aliphatic carbocycles. The van der Waals surface area contributed by atoms with E-state index >= 15 is 0 Å². The molecular formula is C17H30N2O. The predicted octanol–water partition coefficient (Wildman–Crippen LogP) is 2.39. The molecule has 2 fully saturated rings. The highest BCUT2D eigenvalue weighted by Crippen LogP contribution is 2.31. The number of morpholine rings is 1. The fourth-order valence-electron chi connectivity index (χ4n) is 4.20. The molecule has 0 saturated carbocycles. The zero-order valence-corrected chi connectivity index (χ0v) is 13.2. The largest absolute Gasteiger partial charge is 0.379 e. The van der Waals surface area contributed by atoms with Gasteiger partial charge in [0.05, 0.1) is 13.2 Å². The van der Waals surface area contributed by atoms with E-state index in [4.69, 9.17) is 4.74 Å². The second kappa shape index (κ2) is 6.59. The van der Waals surface area contributed by atoms with Crippen LogP contribution in [0.2, 0.25) is 0 Å². The van der Waals surface area contributed by atoms with E-state index in [1.54, 1.807) is 5.57 Å². The molecule has 114 valence electrons. The predicted molar refractivity (Wildman–Crippen MR) is 82.9 cm³/mol. The van der Waals surface area contributed by atoms with Gasteiger partial charge < -0.3 is 9.64 Å². The zero-order valence-electron chi connectivity index (χ0n) is 13.2. The highest BCUT2D eigenvalue weighted by Gasteiger charge is 2.31. The maximum Gasteiger partial charge on any atom is 0.0594 e. The van der Waals surface area contributed by atoms with Crippen molar-refractivity contribution < 1.29 is 4.74 Å². The first-order chi connectivity index (χ1) is 9.74. The van der Waals surface area contributed by atoms with E-state index in [9.17, 15) is 0 Å². The Labute approximate surface area is 124 Å². The van der Waals surface area contributed by atoms with Crippen LogP contribution in [-0.4, -0.2) is 61.8 Å². The Morgan fingerprint density at radius 1 is 1.20 bits per heavy atom. The van der Waals surface area contributed by atoms with Gasteiger partial charge in [-0.05, 0) is 44.6 Å². The van der Waals surface area contributed by atoms with Crippen molar-refractivity contribution in [3.8, 4) is 0 Å². The minimum atomic E-state index is 0.780. The molecule has 0 aromatic carbocycles. The minimum absolute atomic E-state index is 0.780. The van der Waals surface area contributed by atoms with Crippen LogP contribution in [0.15, 0.2) is 11.6 Å². The fraction of sp³-hybridized carbons (Fsp3) is 0.882. The summed E-state index contributed by atoms with van der Waals surface area (Å²) in [4.78, 5) is 5.36. The summed E-state index contributed by atoms with van der Waals surface area (Å²) in [6.45, 7) is 12.8. The number of allylic oxidation sites excluding steroid dienone is 1. The van der Waals surface area contributed by atoms with Crippen molar-refractivity contribution in [2.24, 2.45) is 11.8 Å². The molecule has 0 unspecified atom stereocenters. The molecule has 2 saturated heterocycles. The zero-order chi connectivity index (χ0) is 13.9. The van der Waals surface area contributed by atoms with Gasteiger partial charge in [-0.3, -0.25) is 4.90 Å². The second-order valence-corrected chi connectivity index (χ2v) is 6.96. The van der Waals surface area contributed by atoms with E-state index in [0.717, 1.165) is 44.2 Å². The summed E-state index contributed by atoms with van der Waals surface area (Å²) in [6, 6.07) is 0.780. The molecule has 3 nitrogen and oxygen atoms in total. The van der Waals surface area contributed by atoms with Crippen LogP contribution in [0.4, 0.5) is 0 Å². The summed E-state index contributed by atoms with van der Waals surface area (Å²) in [5, 5.41) is 0. The number of hydrogen-bond acceptors (Lipinski definition) is 3. The van der Waals surface area contributed by atoms with Gasteiger partial charge >= 0.3 is 0 Å². The highest BCUT2D eigenvalue weighted by atomic mass is 16.5. The molecule has 3 rings (SSSR count). The quantitative estimate of drug-likeness (QED) is 0.737. The van der Waals surface area contributed by atoms with Gasteiger partial charge in [-0.15, -0.1) is 0 Å². The SMILES string of the molecule is CC1=CCC[C@H](C)[C@H]1CN1CC[C@H](N2CCOCC2)C1. The Balaban J connectivity index is 1.52. The molecule has 2 heterocycles. The van der Waals surface area contributed by atoms with Crippen LogP contribution in [-0.2, 0) is 4.74 Å². The van der Waals surface area contributed by atoms with Crippen LogP contribution >= 0.6 is 0 Å². The number of likely N-dealkylation sites (tertiary alicyclic amines) is 1. The van der Waals surface area contributed by atoms with Gasteiger partial charge in [0.15, 0.2) is 0 Å². The van der Waals surface area contributed by atoms with Crippen LogP contribution in [0.3, 0.4) is 0 Å². The fourth-order valence-corrected chi connectivity index (χ4v) is 4.20. The first kappa shape index (κ1) is 14.6. The smallest absolute Gasteiger partial charge is 0.0594 e. The van der Waals surface area contributed by atoms with Crippen molar-refractivity contribution in [3.05, 3.63) is 11.6 Å². The number of ether oxygens (including phenoxy) is 1. The van der Waals surface area contributed by atoms with Gasteiger partial charge in [0.1, 0.15) is 0 Å². The molecule has 3 atom stereocenters. The van der Waals surface area contributed by atoms with Crippen molar-refractivity contribution >= 4 is 0 Å². The van der Waals surface area contributed by atoms with Crippen LogP contribution in [0.25, 0.3) is 0 Å². The van der Waals surface area contributed by atoms with Crippen LogP contribution in [0.1, 0.15) is 33.1 Å². The molecule has 0 bridgehead atoms. The van der Waals surface area contributed by atoms with E-state index in [2.05, 4.69) is 29.7 Å². The maximum absolute atomic E-state index is 5.47. The summed E-state index contributed by atoms with van der Waals surface area (Å²) in [5.74, 6) is 1.66. The second-order valence-electron chi connectivity index (χ2n) is 6.96. The molecule has 20 heavy (non-hydrogen) atoms. The van der Waals surface area contributed by atoms with Crippen molar-refractivity contribution in [1.82, 2.24) is 9.80 Å². The third kappa shape index (κ3) is 3.26. The van der Waals surface area contributed by atoms with E-state index in [0.29, 0.717) is 0 Å². The standard InChI is InChI=1S/C17H30N2O/c1-14-4-3-5-15(2)17(14)13-18-7-6-16(12-18)19-8-10-20-11-9-19/h4,15-17H,3,5-13H2,1-2H3/t15-,16-,17-/m0/s1. The first-order valence-corrected chi connectivity index (χ1v) is 8.45. The third-order valence-electron chi connectivity index (χ3n) is 5.62. The van der Waals surface area contributed by atoms with Crippen molar-refractivity contribution in [2.45, 2.75) is 39.2 Å². The lowest BCUT2D eigenvalue weighted by Crippen LogP contribution is -2.45. The monoisotopic (exact) mass is 278 g/mol. The van der Waals surface area contributed by atoms with Gasteiger partial charge in [-0.25, -0.2) is 0 Å². The lowest BCUT2D eigenvalue weighted by atomic mass is 9.80. The third-order valence-corrected chi connectivity index (χ3v) is 5.62. The number of nitrogens with zero attached hydrogens (tertiary/aromatic N) is 2. The van der Waals surface area contributed by atoms with Crippen molar-refractivity contribution in [1.29, 1.82) is 0 Å². The summed E-state index contributed by atoms with van der Waals surface area (Å²) < 4.78 is 5.47. The van der Waals surface area contributed by atoms with Gasteiger partial charge in [0.25, 0.3) is 0 Å². The van der Waals surface area contributed by atoms with Crippen molar-refractivity contribution in [2.75, 3.05) is 45.9 Å². The van der Waals surface area contributed by atoms with Gasteiger partial charge in [-0.1, -0.05) is 18.6 Å². The molecule has 0 spiro atoms. The molecule has 0 aromatic heterocycles. The van der Waals surface area contributed by atoms with E-state index in [1.807, 2.05) is 0 Å². The molecular weight excluding hydrogens is 248 g/mol. The molecule has 2 aliphatic heterocycles. The first-order valence-electron chi connectivity index (χ1n) is 8.45. The Kier molecular flexibility index (Phi) is 4.79. The molecule has 0 aromatic rings. The van der Waals surface area contributed by atoms with Gasteiger partial charge in [0, 0.05) is 32.2 Å². The lowest BCUT2D eigenvalue weighted by Gasteiger charge is -2.34. The van der Waals surface area contributed by atoms with E-state index < -0.39 is 0 Å². The van der Waals surface area contributed by atoms with Gasteiger partial charge in [-0.2, -0.15) is 0 Å². The minimum Gasteiger partial charge on any atom is -0.379 e. The lowest BCUT2D eigenvalue weighted by molar-refractivity contribution is 0.0182. The average molecular weight is 278 g/mol. The van der Waals surface area contributed by atoms with Crippen LogP contribution in [0, 0.1) is 11.8 Å². The molecule has 0 amide bonds. The Morgan fingerprint density at radius 2 is 2.00 bits per heavy atom. The molecule has 0 N–H and O–H groups in total. The van der Waals surface area contributed by atoms with E-state index in [-0.39, 0.29) is 0 Å². The summed E-state index contributed by atoms with van der Waals surface area (Å²) >= 11 is 0. The normalized spacial score (nSPS) is 37.1. The Morgan fingerprint density at radius 3 is 2.75 bits per heavy atom. The van der Waals surface area contributed by atoms with Gasteiger partial charge in [0.2, 0.25) is 0 Å². The molecule has 0 radical (unpaired) electrons. The highest BCUT2D eigenvalue weighted by molar-refractivity contribution is 5.09. The molecule has 3 heteroatoms. The van der Waals surface area contributed by atoms with Crippen LogP contribution < -0.4 is 0 Å². The Hall–Kier alpha value is -0.380. The number of rotatable bonds is 3. The topological polar surface area (TPSA) is 15.7 Å². The average Bonchev–Trinajstić information content (AvgIpc) is 2.93. The summed E-state index contributed by atoms with van der Waals surface area (Å²) in [5.41, 5.74) is 1.64. The molecule has 3 aliphatic rings. The summed E-state index contributed by atoms with van der Waals surface area (Å²) in [6.07, 6.45) is 6.49. The summed E-state index contributed by atoms with van der Waals surface area (Å²) in [7, 11) is 0. The maximum atomic E-state index is 5.47. The van der Waals surface area contributed by atoms with Crippen LogP contribution in [0.5, 0.6) is 0 Å². The van der Waals surface area contributed by atoms with Crippen molar-refractivity contribution in [3.63, 3.8) is 0 Å².